The molecule has 0 aliphatic carbocycles. The third kappa shape index (κ3) is 2.62. The van der Waals surface area contributed by atoms with Gasteiger partial charge in [-0.2, -0.15) is 0 Å². The third-order valence-electron chi connectivity index (χ3n) is 4.47. The third-order valence-corrected chi connectivity index (χ3v) is 4.75. The summed E-state index contributed by atoms with van der Waals surface area (Å²) in [7, 11) is 4.68. The van der Waals surface area contributed by atoms with E-state index in [9.17, 15) is 0 Å². The zero-order valence-electron chi connectivity index (χ0n) is 15.0. The predicted molar refractivity (Wildman–Crippen MR) is 95.3 cm³/mol. The molecule has 0 spiro atoms. The molecule has 1 aliphatic rings. The van der Waals surface area contributed by atoms with Crippen molar-refractivity contribution in [2.24, 2.45) is 0 Å². The minimum Gasteiger partial charge on any atom is -0.493 e. The zero-order valence-corrected chi connectivity index (χ0v) is 15.8. The Bertz CT molecular complexity index is 998. The van der Waals surface area contributed by atoms with E-state index in [-0.39, 0.29) is 17.0 Å². The predicted octanol–water partition coefficient (Wildman–Crippen LogP) is 2.87. The molecule has 1 aliphatic heterocycles. The quantitative estimate of drug-likeness (QED) is 0.568. The Morgan fingerprint density at radius 1 is 1.00 bits per heavy atom. The second-order valence-corrected chi connectivity index (χ2v) is 6.22. The Hall–Kier alpha value is -3.07. The van der Waals surface area contributed by atoms with Gasteiger partial charge in [-0.05, 0) is 29.8 Å². The fourth-order valence-corrected chi connectivity index (χ4v) is 3.51. The van der Waals surface area contributed by atoms with Crippen LogP contribution in [0.4, 0.5) is 0 Å². The number of H-pyrrole nitrogens is 1. The first-order chi connectivity index (χ1) is 13.1. The lowest BCUT2D eigenvalue weighted by molar-refractivity contribution is 0.323. The van der Waals surface area contributed by atoms with Gasteiger partial charge in [0.2, 0.25) is 17.5 Å². The SMILES string of the molecule is COc1cc(C2c3c(Cl)nnnc3Oc3n[nH]c(C)c32)cc(OC)c1OC. The van der Waals surface area contributed by atoms with E-state index < -0.39 is 0 Å². The first-order valence-electron chi connectivity index (χ1n) is 8.00. The van der Waals surface area contributed by atoms with Crippen LogP contribution in [0.2, 0.25) is 5.15 Å². The highest BCUT2D eigenvalue weighted by atomic mass is 35.5. The second-order valence-electron chi connectivity index (χ2n) is 5.86. The molecule has 3 aromatic rings. The molecular formula is C17H16ClN5O4. The van der Waals surface area contributed by atoms with Crippen LogP contribution in [0, 0.1) is 6.92 Å². The normalized spacial score (nSPS) is 14.8. The van der Waals surface area contributed by atoms with Crippen LogP contribution in [-0.2, 0) is 0 Å². The Morgan fingerprint density at radius 2 is 1.70 bits per heavy atom. The molecule has 4 rings (SSSR count). The first kappa shape index (κ1) is 17.3. The number of aromatic amines is 1. The lowest BCUT2D eigenvalue weighted by Gasteiger charge is -2.26. The van der Waals surface area contributed by atoms with E-state index in [4.69, 9.17) is 30.5 Å². The van der Waals surface area contributed by atoms with E-state index in [1.54, 1.807) is 21.3 Å². The number of hydrogen-bond donors (Lipinski definition) is 1. The van der Waals surface area contributed by atoms with Gasteiger partial charge in [0.15, 0.2) is 16.7 Å². The molecule has 1 aromatic carbocycles. The smallest absolute Gasteiger partial charge is 0.249 e. The molecule has 10 heteroatoms. The van der Waals surface area contributed by atoms with E-state index >= 15 is 0 Å². The summed E-state index contributed by atoms with van der Waals surface area (Å²) in [6, 6.07) is 3.71. The van der Waals surface area contributed by atoms with Crippen molar-refractivity contribution in [3.05, 3.63) is 39.7 Å². The topological polar surface area (TPSA) is 104 Å². The maximum absolute atomic E-state index is 6.37. The molecule has 9 nitrogen and oxygen atoms in total. The maximum atomic E-state index is 6.37. The second kappa shape index (κ2) is 6.58. The summed E-state index contributed by atoms with van der Waals surface area (Å²) in [6.07, 6.45) is 0. The number of aryl methyl sites for hydroxylation is 1. The molecule has 0 radical (unpaired) electrons. The summed E-state index contributed by atoms with van der Waals surface area (Å²) in [6.45, 7) is 1.90. The van der Waals surface area contributed by atoms with E-state index in [2.05, 4.69) is 25.6 Å². The summed E-state index contributed by atoms with van der Waals surface area (Å²) in [5, 5.41) is 18.8. The van der Waals surface area contributed by atoms with Crippen LogP contribution in [0.15, 0.2) is 12.1 Å². The molecule has 0 fully saturated rings. The average Bonchev–Trinajstić information content (AvgIpc) is 3.06. The molecule has 2 aromatic heterocycles. The van der Waals surface area contributed by atoms with Gasteiger partial charge in [0.1, 0.15) is 0 Å². The summed E-state index contributed by atoms with van der Waals surface area (Å²) >= 11 is 6.37. The van der Waals surface area contributed by atoms with E-state index in [1.807, 2.05) is 19.1 Å². The van der Waals surface area contributed by atoms with Crippen molar-refractivity contribution in [3.63, 3.8) is 0 Å². The van der Waals surface area contributed by atoms with E-state index in [0.29, 0.717) is 28.7 Å². The maximum Gasteiger partial charge on any atom is 0.249 e. The summed E-state index contributed by atoms with van der Waals surface area (Å²) in [4.78, 5) is 0. The number of hydrogen-bond acceptors (Lipinski definition) is 8. The van der Waals surface area contributed by atoms with Crippen molar-refractivity contribution < 1.29 is 18.9 Å². The van der Waals surface area contributed by atoms with Crippen LogP contribution in [0.1, 0.15) is 28.3 Å². The van der Waals surface area contributed by atoms with Crippen molar-refractivity contribution in [1.82, 2.24) is 25.6 Å². The first-order valence-corrected chi connectivity index (χ1v) is 8.38. The number of rotatable bonds is 4. The molecule has 1 N–H and O–H groups in total. The van der Waals surface area contributed by atoms with Gasteiger partial charge in [0.05, 0.1) is 32.8 Å². The lowest BCUT2D eigenvalue weighted by atomic mass is 9.84. The minimum absolute atomic E-state index is 0.199. The fraction of sp³-hybridized carbons (Fsp3) is 0.294. The standard InChI is InChI=1S/C17H16ClN5O4/c1-7-11-12(8-5-9(24-2)14(26-4)10(6-8)25-3)13-15(18)20-23-22-17(13)27-16(11)21-19-7/h5-6,12H,1-4H3,(H,19,21). The molecule has 3 heterocycles. The highest BCUT2D eigenvalue weighted by Gasteiger charge is 2.37. The minimum atomic E-state index is -0.355. The number of nitrogens with zero attached hydrogens (tertiary/aromatic N) is 4. The Kier molecular flexibility index (Phi) is 4.23. The van der Waals surface area contributed by atoms with Crippen molar-refractivity contribution in [2.45, 2.75) is 12.8 Å². The zero-order chi connectivity index (χ0) is 19.1. The van der Waals surface area contributed by atoms with Crippen molar-refractivity contribution in [2.75, 3.05) is 21.3 Å². The molecule has 0 saturated carbocycles. The molecule has 140 valence electrons. The number of fused-ring (bicyclic) bond motifs is 2. The number of benzene rings is 1. The molecule has 0 bridgehead atoms. The van der Waals surface area contributed by atoms with Crippen LogP contribution in [0.25, 0.3) is 0 Å². The highest BCUT2D eigenvalue weighted by Crippen LogP contribution is 2.51. The largest absolute Gasteiger partial charge is 0.493 e. The summed E-state index contributed by atoms with van der Waals surface area (Å²) in [5.74, 6) is 1.86. The number of nitrogens with one attached hydrogen (secondary N) is 1. The highest BCUT2D eigenvalue weighted by molar-refractivity contribution is 6.30. The van der Waals surface area contributed by atoms with Gasteiger partial charge in [-0.3, -0.25) is 5.10 Å². The van der Waals surface area contributed by atoms with Crippen molar-refractivity contribution in [3.8, 4) is 29.0 Å². The van der Waals surface area contributed by atoms with E-state index in [0.717, 1.165) is 16.8 Å². The van der Waals surface area contributed by atoms with Gasteiger partial charge in [-0.25, -0.2) is 0 Å². The summed E-state index contributed by atoms with van der Waals surface area (Å²) < 4.78 is 22.2. The average molecular weight is 390 g/mol. The number of aromatic nitrogens is 5. The number of ether oxygens (including phenoxy) is 4. The van der Waals surface area contributed by atoms with Gasteiger partial charge in [0, 0.05) is 11.3 Å². The van der Waals surface area contributed by atoms with Gasteiger partial charge in [-0.15, -0.1) is 10.2 Å². The molecule has 1 unspecified atom stereocenters. The van der Waals surface area contributed by atoms with Crippen LogP contribution in [0.3, 0.4) is 0 Å². The monoisotopic (exact) mass is 389 g/mol. The van der Waals surface area contributed by atoms with Gasteiger partial charge >= 0.3 is 0 Å². The Morgan fingerprint density at radius 3 is 2.33 bits per heavy atom. The van der Waals surface area contributed by atoms with Crippen molar-refractivity contribution >= 4 is 11.6 Å². The summed E-state index contributed by atoms with van der Waals surface area (Å²) in [5.41, 5.74) is 3.09. The number of halogens is 1. The van der Waals surface area contributed by atoms with Crippen LogP contribution in [-0.4, -0.2) is 46.9 Å². The lowest BCUT2D eigenvalue weighted by Crippen LogP contribution is -2.15. The fourth-order valence-electron chi connectivity index (χ4n) is 3.29. The van der Waals surface area contributed by atoms with Gasteiger partial charge in [-0.1, -0.05) is 16.7 Å². The Balaban J connectivity index is 2.01. The van der Waals surface area contributed by atoms with Gasteiger partial charge < -0.3 is 18.9 Å². The molecule has 0 saturated heterocycles. The van der Waals surface area contributed by atoms with Crippen LogP contribution < -0.4 is 18.9 Å². The van der Waals surface area contributed by atoms with E-state index in [1.165, 1.54) is 0 Å². The van der Waals surface area contributed by atoms with Crippen LogP contribution in [0.5, 0.6) is 29.0 Å². The van der Waals surface area contributed by atoms with Crippen molar-refractivity contribution in [1.29, 1.82) is 0 Å². The number of methoxy groups -OCH3 is 3. The molecular weight excluding hydrogens is 374 g/mol. The van der Waals surface area contributed by atoms with Crippen LogP contribution >= 0.6 is 11.6 Å². The Labute approximate surface area is 159 Å². The molecule has 27 heavy (non-hydrogen) atoms. The molecule has 1 atom stereocenters. The molecule has 0 amide bonds. The van der Waals surface area contributed by atoms with Gasteiger partial charge in [0.25, 0.3) is 0 Å².